The van der Waals surface area contributed by atoms with Gasteiger partial charge >= 0.3 is 156 Å². The third-order valence-corrected chi connectivity index (χ3v) is 21.3. The molecule has 0 aliphatic heterocycles. The van der Waals surface area contributed by atoms with E-state index in [-0.39, 0.29) is 0 Å². The van der Waals surface area contributed by atoms with Gasteiger partial charge in [-0.05, 0) is 0 Å². The van der Waals surface area contributed by atoms with Crippen molar-refractivity contribution in [2.24, 2.45) is 0 Å². The van der Waals surface area contributed by atoms with E-state index in [1.165, 1.54) is 51.5 Å². The first kappa shape index (κ1) is 22.0. The van der Waals surface area contributed by atoms with Crippen LogP contribution in [-0.2, 0) is 6.42 Å². The zero-order valence-corrected chi connectivity index (χ0v) is 19.9. The molecule has 1 aromatic carbocycles. The molecule has 0 bridgehead atoms. The van der Waals surface area contributed by atoms with E-state index in [0.717, 1.165) is 0 Å². The van der Waals surface area contributed by atoms with Crippen molar-refractivity contribution >= 4 is 22.0 Å². The van der Waals surface area contributed by atoms with Crippen LogP contribution in [0.25, 0.3) is 0 Å². The first-order chi connectivity index (χ1) is 11.6. The van der Waals surface area contributed by atoms with E-state index in [2.05, 4.69) is 64.0 Å². The molecule has 0 amide bonds. The second-order valence-corrected chi connectivity index (χ2v) is 20.9. The minimum absolute atomic E-state index is 1.17. The van der Waals surface area contributed by atoms with Gasteiger partial charge in [-0.3, -0.25) is 0 Å². The number of hydrogen-bond acceptors (Lipinski definition) is 1. The summed E-state index contributed by atoms with van der Waals surface area (Å²) in [5.74, 6) is 0. The standard InChI is InChI=1S/C10H14N.3C4H9.Sn/c1-11(2)9-8-10-6-4-3-5-7-10;3*1-3-4-2;/h3-6H,8-9H2,1-2H3;3*1,3-4H2,2H3;. The van der Waals surface area contributed by atoms with Crippen LogP contribution in [0.1, 0.15) is 64.9 Å². The molecular weight excluding hydrogens is 397 g/mol. The van der Waals surface area contributed by atoms with Gasteiger partial charge in [-0.25, -0.2) is 0 Å². The van der Waals surface area contributed by atoms with Crippen LogP contribution in [0.5, 0.6) is 0 Å². The Labute approximate surface area is 156 Å². The number of likely N-dealkylation sites (N-methyl/N-ethyl adjacent to an activating group) is 1. The normalized spacial score (nSPS) is 12.1. The van der Waals surface area contributed by atoms with E-state index in [1.54, 1.807) is 18.9 Å². The van der Waals surface area contributed by atoms with E-state index in [9.17, 15) is 0 Å². The van der Waals surface area contributed by atoms with Crippen LogP contribution in [0.3, 0.4) is 0 Å². The van der Waals surface area contributed by atoms with Crippen LogP contribution < -0.4 is 3.58 Å². The van der Waals surface area contributed by atoms with E-state index in [0.29, 0.717) is 0 Å². The Morgan fingerprint density at radius 2 is 1.29 bits per heavy atom. The van der Waals surface area contributed by atoms with Crippen molar-refractivity contribution in [2.75, 3.05) is 20.6 Å². The van der Waals surface area contributed by atoms with Crippen molar-refractivity contribution in [2.45, 2.75) is 79.0 Å². The van der Waals surface area contributed by atoms with Crippen molar-refractivity contribution in [1.29, 1.82) is 0 Å². The predicted octanol–water partition coefficient (Wildman–Crippen LogP) is 5.85. The summed E-state index contributed by atoms with van der Waals surface area (Å²) in [4.78, 5) is 2.33. The minimum atomic E-state index is -2.28. The molecular formula is C22H41NSn. The summed E-state index contributed by atoms with van der Waals surface area (Å²) in [7, 11) is 4.40. The molecule has 0 heterocycles. The molecule has 0 N–H and O–H groups in total. The zero-order chi connectivity index (χ0) is 17.8. The molecule has 0 atom stereocenters. The molecule has 1 aromatic rings. The van der Waals surface area contributed by atoms with Crippen LogP contribution in [0.2, 0.25) is 13.3 Å². The molecule has 0 spiro atoms. The van der Waals surface area contributed by atoms with E-state index < -0.39 is 18.4 Å². The Morgan fingerprint density at radius 3 is 1.75 bits per heavy atom. The van der Waals surface area contributed by atoms with E-state index >= 15 is 0 Å². The molecule has 2 heteroatoms. The molecule has 138 valence electrons. The fourth-order valence-corrected chi connectivity index (χ4v) is 21.0. The molecule has 0 aromatic heterocycles. The van der Waals surface area contributed by atoms with Crippen molar-refractivity contribution in [3.63, 3.8) is 0 Å². The van der Waals surface area contributed by atoms with Crippen molar-refractivity contribution in [3.05, 3.63) is 29.8 Å². The molecule has 0 saturated carbocycles. The second kappa shape index (κ2) is 12.4. The van der Waals surface area contributed by atoms with Gasteiger partial charge in [-0.2, -0.15) is 0 Å². The molecule has 0 aliphatic carbocycles. The molecule has 0 unspecified atom stereocenters. The number of nitrogens with zero attached hydrogens (tertiary/aromatic N) is 1. The van der Waals surface area contributed by atoms with Gasteiger partial charge in [0.2, 0.25) is 0 Å². The van der Waals surface area contributed by atoms with E-state index in [4.69, 9.17) is 0 Å². The van der Waals surface area contributed by atoms with Gasteiger partial charge in [-0.1, -0.05) is 0 Å². The Balaban J connectivity index is 3.18. The molecule has 0 aliphatic rings. The third kappa shape index (κ3) is 7.07. The maximum absolute atomic E-state index is 2.54. The molecule has 24 heavy (non-hydrogen) atoms. The maximum atomic E-state index is 2.54. The van der Waals surface area contributed by atoms with Gasteiger partial charge in [0.15, 0.2) is 0 Å². The topological polar surface area (TPSA) is 3.24 Å². The van der Waals surface area contributed by atoms with Gasteiger partial charge in [0, 0.05) is 0 Å². The first-order valence-corrected chi connectivity index (χ1v) is 17.8. The second-order valence-electron chi connectivity index (χ2n) is 7.80. The summed E-state index contributed by atoms with van der Waals surface area (Å²) in [5.41, 5.74) is 1.69. The monoisotopic (exact) mass is 439 g/mol. The molecule has 1 nitrogen and oxygen atoms in total. The third-order valence-electron chi connectivity index (χ3n) is 5.44. The predicted molar refractivity (Wildman–Crippen MR) is 113 cm³/mol. The number of rotatable bonds is 13. The fourth-order valence-electron chi connectivity index (χ4n) is 3.92. The summed E-state index contributed by atoms with van der Waals surface area (Å²) in [6.45, 7) is 8.28. The average Bonchev–Trinajstić information content (AvgIpc) is 2.60. The van der Waals surface area contributed by atoms with Crippen molar-refractivity contribution in [3.8, 4) is 0 Å². The van der Waals surface area contributed by atoms with Gasteiger partial charge < -0.3 is 0 Å². The number of hydrogen-bond donors (Lipinski definition) is 0. The Kier molecular flexibility index (Phi) is 11.3. The van der Waals surface area contributed by atoms with Gasteiger partial charge in [0.05, 0.1) is 0 Å². The summed E-state index contributed by atoms with van der Waals surface area (Å²) in [6, 6.07) is 9.57. The molecule has 0 fully saturated rings. The van der Waals surface area contributed by atoms with Crippen LogP contribution in [0, 0.1) is 0 Å². The van der Waals surface area contributed by atoms with Crippen LogP contribution in [0.15, 0.2) is 24.3 Å². The molecule has 1 rings (SSSR count). The van der Waals surface area contributed by atoms with Crippen molar-refractivity contribution in [1.82, 2.24) is 4.90 Å². The van der Waals surface area contributed by atoms with Crippen molar-refractivity contribution < 1.29 is 0 Å². The first-order valence-electron chi connectivity index (χ1n) is 10.3. The summed E-state index contributed by atoms with van der Waals surface area (Å²) < 4.78 is 6.60. The Bertz CT molecular complexity index is 420. The van der Waals surface area contributed by atoms with Gasteiger partial charge in [0.1, 0.15) is 0 Å². The van der Waals surface area contributed by atoms with Crippen LogP contribution in [-0.4, -0.2) is 43.9 Å². The summed E-state index contributed by atoms with van der Waals surface area (Å²) in [5, 5.41) is 0. The SMILES string of the molecule is CCC[CH2][Sn]([CH2]CCC)([CH2]CCC)[c]1ccccc1CCN(C)C. The average molecular weight is 438 g/mol. The Hall–Kier alpha value is -0.0213. The Morgan fingerprint density at radius 1 is 0.792 bits per heavy atom. The number of benzene rings is 1. The van der Waals surface area contributed by atoms with Crippen LogP contribution in [0.4, 0.5) is 0 Å². The van der Waals surface area contributed by atoms with Crippen LogP contribution >= 0.6 is 0 Å². The fraction of sp³-hybridized carbons (Fsp3) is 0.727. The quantitative estimate of drug-likeness (QED) is 0.350. The number of unbranched alkanes of at least 4 members (excludes halogenated alkanes) is 3. The summed E-state index contributed by atoms with van der Waals surface area (Å²) >= 11 is -2.28. The molecule has 0 radical (unpaired) electrons. The summed E-state index contributed by atoms with van der Waals surface area (Å²) in [6.07, 6.45) is 9.65. The van der Waals surface area contributed by atoms with Gasteiger partial charge in [-0.15, -0.1) is 0 Å². The van der Waals surface area contributed by atoms with E-state index in [1.807, 2.05) is 3.58 Å². The molecule has 0 saturated heterocycles. The zero-order valence-electron chi connectivity index (χ0n) is 17.0. The van der Waals surface area contributed by atoms with Gasteiger partial charge in [0.25, 0.3) is 0 Å².